The average Bonchev–Trinajstić information content (AvgIpc) is 3.44. The average molecular weight is 429 g/mol. The van der Waals surface area contributed by atoms with Crippen LogP contribution in [0.3, 0.4) is 0 Å². The van der Waals surface area contributed by atoms with Gasteiger partial charge in [0.2, 0.25) is 5.88 Å². The van der Waals surface area contributed by atoms with Crippen LogP contribution in [0.5, 0.6) is 11.6 Å². The van der Waals surface area contributed by atoms with Crippen molar-refractivity contribution in [1.29, 1.82) is 0 Å². The molecular weight excluding hydrogens is 410 g/mol. The second-order valence-corrected chi connectivity index (χ2v) is 6.89. The molecule has 8 nitrogen and oxygen atoms in total. The predicted octanol–water partition coefficient (Wildman–Crippen LogP) is 5.44. The number of ketones is 1. The number of aromatic nitrogens is 1. The van der Waals surface area contributed by atoms with E-state index in [1.54, 1.807) is 60.7 Å². The molecule has 0 saturated heterocycles. The number of methoxy groups -OCH3 is 1. The maximum atomic E-state index is 12.8. The molecule has 160 valence electrons. The van der Waals surface area contributed by atoms with Gasteiger partial charge in [0, 0.05) is 22.9 Å². The maximum absolute atomic E-state index is 12.8. The molecule has 0 radical (unpaired) electrons. The smallest absolute Gasteiger partial charge is 0.291 e. The van der Waals surface area contributed by atoms with E-state index in [-0.39, 0.29) is 29.3 Å². The molecule has 0 bridgehead atoms. The van der Waals surface area contributed by atoms with Gasteiger partial charge >= 0.3 is 0 Å². The molecule has 4 rings (SSSR count). The second-order valence-electron chi connectivity index (χ2n) is 6.89. The first-order valence-corrected chi connectivity index (χ1v) is 9.72. The minimum absolute atomic E-state index is 0.101. The number of aromatic hydroxyl groups is 1. The van der Waals surface area contributed by atoms with Gasteiger partial charge in [-0.2, -0.15) is 0 Å². The number of fused-ring (bicyclic) bond motifs is 1. The van der Waals surface area contributed by atoms with Gasteiger partial charge in [0.05, 0.1) is 18.9 Å². The van der Waals surface area contributed by atoms with Crippen LogP contribution in [0.2, 0.25) is 0 Å². The lowest BCUT2D eigenvalue weighted by atomic mass is 10.0. The monoisotopic (exact) mass is 429 g/mol. The van der Waals surface area contributed by atoms with E-state index in [9.17, 15) is 14.7 Å². The molecule has 0 aliphatic heterocycles. The van der Waals surface area contributed by atoms with E-state index >= 15 is 0 Å². The Labute approximate surface area is 182 Å². The van der Waals surface area contributed by atoms with Crippen molar-refractivity contribution < 1.29 is 23.8 Å². The number of hydrogen-bond acceptors (Lipinski definition) is 6. The number of para-hydroxylation sites is 1. The van der Waals surface area contributed by atoms with Gasteiger partial charge in [0.1, 0.15) is 11.5 Å². The van der Waals surface area contributed by atoms with E-state index < -0.39 is 5.91 Å². The van der Waals surface area contributed by atoms with Gasteiger partial charge in [0.25, 0.3) is 5.91 Å². The summed E-state index contributed by atoms with van der Waals surface area (Å²) >= 11 is 0. The first kappa shape index (κ1) is 20.8. The van der Waals surface area contributed by atoms with E-state index in [0.717, 1.165) is 0 Å². The summed E-state index contributed by atoms with van der Waals surface area (Å²) in [6.45, 7) is 0. The fraction of sp³-hybridized carbons (Fsp3) is 0.0833. The van der Waals surface area contributed by atoms with Crippen molar-refractivity contribution in [2.75, 3.05) is 7.11 Å². The Hall–Kier alpha value is -4.46. The van der Waals surface area contributed by atoms with Gasteiger partial charge < -0.3 is 19.2 Å². The predicted molar refractivity (Wildman–Crippen MR) is 118 cm³/mol. The fourth-order valence-corrected chi connectivity index (χ4v) is 3.16. The summed E-state index contributed by atoms with van der Waals surface area (Å²) in [4.78, 5) is 28.4. The molecule has 1 amide bonds. The van der Waals surface area contributed by atoms with Gasteiger partial charge in [-0.15, -0.1) is 10.2 Å². The first-order valence-electron chi connectivity index (χ1n) is 9.72. The van der Waals surface area contributed by atoms with Crippen LogP contribution in [0.25, 0.3) is 17.0 Å². The number of hydrogen-bond donors (Lipinski definition) is 2. The van der Waals surface area contributed by atoms with E-state index in [1.165, 1.54) is 19.4 Å². The topological polar surface area (TPSA) is 117 Å². The lowest BCUT2D eigenvalue weighted by molar-refractivity contribution is -0.114. The number of ether oxygens (including phenoxy) is 1. The van der Waals surface area contributed by atoms with E-state index in [4.69, 9.17) is 9.15 Å². The number of Topliss-reactive ketones (excluding diaryl/α,β-unsaturated/α-hetero) is 1. The Morgan fingerprint density at radius 1 is 1.09 bits per heavy atom. The normalized spacial score (nSPS) is 11.8. The van der Waals surface area contributed by atoms with Gasteiger partial charge in [0.15, 0.2) is 11.5 Å². The molecule has 0 spiro atoms. The SMILES string of the molecule is COc1ccc(C(=O)C/C(=C\c2ccco2)C(=O)N=Nc2c(O)[nH]c3ccccc23)cc1. The third kappa shape index (κ3) is 4.49. The highest BCUT2D eigenvalue weighted by molar-refractivity contribution is 6.07. The number of amides is 1. The number of rotatable bonds is 7. The Morgan fingerprint density at radius 3 is 2.59 bits per heavy atom. The van der Waals surface area contributed by atoms with Crippen molar-refractivity contribution in [2.45, 2.75) is 6.42 Å². The third-order valence-electron chi connectivity index (χ3n) is 4.80. The molecule has 0 aliphatic rings. The number of carbonyl (C=O) groups excluding carboxylic acids is 2. The number of furan rings is 1. The van der Waals surface area contributed by atoms with Gasteiger partial charge in [-0.05, 0) is 48.5 Å². The molecule has 0 aliphatic carbocycles. The summed E-state index contributed by atoms with van der Waals surface area (Å²) in [6, 6.07) is 17.0. The molecule has 0 atom stereocenters. The highest BCUT2D eigenvalue weighted by Crippen LogP contribution is 2.35. The number of nitrogens with one attached hydrogen (secondary N) is 1. The fourth-order valence-electron chi connectivity index (χ4n) is 3.16. The Kier molecular flexibility index (Phi) is 5.94. The largest absolute Gasteiger partial charge is 0.497 e. The summed E-state index contributed by atoms with van der Waals surface area (Å²) in [6.07, 6.45) is 2.72. The highest BCUT2D eigenvalue weighted by atomic mass is 16.5. The van der Waals surface area contributed by atoms with Crippen molar-refractivity contribution in [1.82, 2.24) is 4.98 Å². The van der Waals surface area contributed by atoms with Crippen LogP contribution in [0.1, 0.15) is 22.5 Å². The standard InChI is InChI=1S/C24H19N3O5/c1-31-17-10-8-15(9-11-17)21(28)14-16(13-18-5-4-12-32-18)23(29)27-26-22-19-6-2-3-7-20(19)25-24(22)30/h2-13,25,30H,14H2,1H3/b16-13+,27-26?. The number of nitrogens with zero attached hydrogens (tertiary/aromatic N) is 2. The van der Waals surface area contributed by atoms with Crippen molar-refractivity contribution in [2.24, 2.45) is 10.2 Å². The summed E-state index contributed by atoms with van der Waals surface area (Å²) in [5, 5.41) is 18.4. The van der Waals surface area contributed by atoms with Crippen molar-refractivity contribution in [3.05, 3.63) is 83.8 Å². The maximum Gasteiger partial charge on any atom is 0.291 e. The van der Waals surface area contributed by atoms with Gasteiger partial charge in [-0.1, -0.05) is 18.2 Å². The summed E-state index contributed by atoms with van der Waals surface area (Å²) < 4.78 is 10.4. The molecule has 2 heterocycles. The van der Waals surface area contributed by atoms with Crippen LogP contribution in [-0.4, -0.2) is 28.9 Å². The molecule has 8 heteroatoms. The van der Waals surface area contributed by atoms with Crippen LogP contribution in [0.15, 0.2) is 87.1 Å². The number of H-pyrrole nitrogens is 1. The molecule has 2 aromatic heterocycles. The zero-order chi connectivity index (χ0) is 22.5. The van der Waals surface area contributed by atoms with E-state index in [1.807, 2.05) is 0 Å². The van der Waals surface area contributed by atoms with Crippen molar-refractivity contribution >= 4 is 34.4 Å². The van der Waals surface area contributed by atoms with E-state index in [0.29, 0.717) is 28.0 Å². The summed E-state index contributed by atoms with van der Waals surface area (Å²) in [7, 11) is 1.54. The zero-order valence-electron chi connectivity index (χ0n) is 17.1. The minimum Gasteiger partial charge on any atom is -0.497 e. The molecule has 0 unspecified atom stereocenters. The van der Waals surface area contributed by atoms with Crippen LogP contribution in [0, 0.1) is 0 Å². The number of aromatic amines is 1. The Morgan fingerprint density at radius 2 is 1.88 bits per heavy atom. The van der Waals surface area contributed by atoms with Crippen molar-refractivity contribution in [3.8, 4) is 11.6 Å². The molecule has 32 heavy (non-hydrogen) atoms. The lowest BCUT2D eigenvalue weighted by Crippen LogP contribution is -2.07. The zero-order valence-corrected chi connectivity index (χ0v) is 17.1. The quantitative estimate of drug-likeness (QED) is 0.230. The van der Waals surface area contributed by atoms with Crippen LogP contribution in [-0.2, 0) is 4.79 Å². The summed E-state index contributed by atoms with van der Waals surface area (Å²) in [5.41, 5.74) is 1.33. The number of benzene rings is 2. The Balaban J connectivity index is 1.61. The molecular formula is C24H19N3O5. The Bertz CT molecular complexity index is 1320. The number of carbonyl (C=O) groups is 2. The minimum atomic E-state index is -0.715. The first-order chi connectivity index (χ1) is 15.5. The number of azo groups is 1. The molecule has 0 fully saturated rings. The summed E-state index contributed by atoms with van der Waals surface area (Å²) in [5.74, 6) is -0.164. The second kappa shape index (κ2) is 9.13. The van der Waals surface area contributed by atoms with Gasteiger partial charge in [-0.3, -0.25) is 9.59 Å². The van der Waals surface area contributed by atoms with Crippen LogP contribution in [0.4, 0.5) is 5.69 Å². The molecule has 0 saturated carbocycles. The van der Waals surface area contributed by atoms with Crippen LogP contribution >= 0.6 is 0 Å². The molecule has 2 N–H and O–H groups in total. The highest BCUT2D eigenvalue weighted by Gasteiger charge is 2.17. The third-order valence-corrected chi connectivity index (χ3v) is 4.80. The molecule has 2 aromatic carbocycles. The molecule has 4 aromatic rings. The van der Waals surface area contributed by atoms with Gasteiger partial charge in [-0.25, -0.2) is 0 Å². The lowest BCUT2D eigenvalue weighted by Gasteiger charge is -2.04. The van der Waals surface area contributed by atoms with E-state index in [2.05, 4.69) is 15.2 Å². The van der Waals surface area contributed by atoms with Crippen LogP contribution < -0.4 is 4.74 Å². The van der Waals surface area contributed by atoms with Crippen molar-refractivity contribution in [3.63, 3.8) is 0 Å².